The van der Waals surface area contributed by atoms with E-state index in [1.807, 2.05) is 35.7 Å². The Labute approximate surface area is 150 Å². The smallest absolute Gasteiger partial charge is 0.244 e. The average molecular weight is 357 g/mol. The van der Waals surface area contributed by atoms with Gasteiger partial charge in [-0.05, 0) is 42.0 Å². The lowest BCUT2D eigenvalue weighted by Crippen LogP contribution is -2.27. The van der Waals surface area contributed by atoms with E-state index in [1.54, 1.807) is 34.8 Å². The van der Waals surface area contributed by atoms with Crippen LogP contribution in [0.2, 0.25) is 0 Å². The van der Waals surface area contributed by atoms with Crippen LogP contribution in [0.25, 0.3) is 16.3 Å². The van der Waals surface area contributed by atoms with E-state index in [2.05, 4.69) is 30.2 Å². The molecule has 0 spiro atoms. The van der Waals surface area contributed by atoms with E-state index < -0.39 is 0 Å². The molecule has 0 radical (unpaired) electrons. The first-order valence-corrected chi connectivity index (χ1v) is 9.69. The van der Waals surface area contributed by atoms with Gasteiger partial charge < -0.3 is 5.32 Å². The summed E-state index contributed by atoms with van der Waals surface area (Å²) in [6.45, 7) is 4.34. The minimum absolute atomic E-state index is 0.0671. The van der Waals surface area contributed by atoms with Crippen molar-refractivity contribution in [2.45, 2.75) is 26.3 Å². The van der Waals surface area contributed by atoms with Gasteiger partial charge in [0.1, 0.15) is 5.01 Å². The monoisotopic (exact) mass is 356 g/mol. The SMILES string of the molecule is CC(C)CC(NC(=O)/C=C/c1nc2ccccc2s1)c1cccs1. The molecule has 2 heterocycles. The molecule has 0 bridgehead atoms. The molecular weight excluding hydrogens is 336 g/mol. The summed E-state index contributed by atoms with van der Waals surface area (Å²) in [6.07, 6.45) is 4.31. The lowest BCUT2D eigenvalue weighted by atomic mass is 10.0. The summed E-state index contributed by atoms with van der Waals surface area (Å²) in [7, 11) is 0. The summed E-state index contributed by atoms with van der Waals surface area (Å²) in [5.41, 5.74) is 0.971. The number of thiazole rings is 1. The predicted octanol–water partition coefficient (Wildman–Crippen LogP) is 5.27. The van der Waals surface area contributed by atoms with Gasteiger partial charge in [0.2, 0.25) is 5.91 Å². The molecule has 3 rings (SSSR count). The van der Waals surface area contributed by atoms with Crippen molar-refractivity contribution in [1.82, 2.24) is 10.3 Å². The van der Waals surface area contributed by atoms with Crippen LogP contribution in [0.4, 0.5) is 0 Å². The van der Waals surface area contributed by atoms with Crippen molar-refractivity contribution in [3.8, 4) is 0 Å². The van der Waals surface area contributed by atoms with E-state index in [-0.39, 0.29) is 11.9 Å². The van der Waals surface area contributed by atoms with Crippen LogP contribution in [0.3, 0.4) is 0 Å². The van der Waals surface area contributed by atoms with Crippen molar-refractivity contribution in [3.05, 3.63) is 57.7 Å². The number of carbonyl (C=O) groups excluding carboxylic acids is 1. The zero-order valence-electron chi connectivity index (χ0n) is 13.7. The summed E-state index contributed by atoms with van der Waals surface area (Å²) in [5, 5.41) is 6.01. The molecule has 0 aliphatic carbocycles. The molecule has 0 aliphatic rings. The number of thiophene rings is 1. The van der Waals surface area contributed by atoms with Crippen LogP contribution < -0.4 is 5.32 Å². The Morgan fingerprint density at radius 2 is 2.08 bits per heavy atom. The fourth-order valence-electron chi connectivity index (χ4n) is 2.54. The maximum absolute atomic E-state index is 12.3. The molecule has 1 amide bonds. The first-order valence-electron chi connectivity index (χ1n) is 7.99. The van der Waals surface area contributed by atoms with Crippen LogP contribution in [-0.2, 0) is 4.79 Å². The Morgan fingerprint density at radius 3 is 2.79 bits per heavy atom. The fourth-order valence-corrected chi connectivity index (χ4v) is 4.20. The molecule has 0 fully saturated rings. The van der Waals surface area contributed by atoms with E-state index in [1.165, 1.54) is 4.88 Å². The van der Waals surface area contributed by atoms with Gasteiger partial charge in [-0.3, -0.25) is 4.79 Å². The molecule has 1 unspecified atom stereocenters. The van der Waals surface area contributed by atoms with E-state index in [0.717, 1.165) is 21.6 Å². The van der Waals surface area contributed by atoms with E-state index in [0.29, 0.717) is 5.92 Å². The third-order valence-corrected chi connectivity index (χ3v) is 5.59. The number of para-hydroxylation sites is 1. The molecule has 24 heavy (non-hydrogen) atoms. The lowest BCUT2D eigenvalue weighted by Gasteiger charge is -2.18. The normalized spacial score (nSPS) is 13.0. The van der Waals surface area contributed by atoms with Crippen LogP contribution in [0, 0.1) is 5.92 Å². The van der Waals surface area contributed by atoms with E-state index in [9.17, 15) is 4.79 Å². The molecule has 1 N–H and O–H groups in total. The van der Waals surface area contributed by atoms with Crippen LogP contribution in [0.1, 0.15) is 36.2 Å². The van der Waals surface area contributed by atoms with Crippen LogP contribution in [-0.4, -0.2) is 10.9 Å². The molecule has 0 aliphatic heterocycles. The summed E-state index contributed by atoms with van der Waals surface area (Å²) in [5.74, 6) is 0.443. The standard InChI is InChI=1S/C19H20N2OS2/c1-13(2)12-15(16-8-5-11-23-16)20-18(22)9-10-19-21-14-6-3-4-7-17(14)24-19/h3-11,13,15H,12H2,1-2H3,(H,20,22)/b10-9+. The fraction of sp³-hybridized carbons (Fsp3) is 0.263. The van der Waals surface area contributed by atoms with E-state index in [4.69, 9.17) is 0 Å². The van der Waals surface area contributed by atoms with Crippen molar-refractivity contribution in [3.63, 3.8) is 0 Å². The molecule has 124 valence electrons. The second kappa shape index (κ2) is 7.73. The summed E-state index contributed by atoms with van der Waals surface area (Å²) < 4.78 is 1.13. The molecular formula is C19H20N2OS2. The molecule has 1 atom stereocenters. The molecule has 3 nitrogen and oxygen atoms in total. The largest absolute Gasteiger partial charge is 0.345 e. The Hall–Kier alpha value is -1.98. The minimum Gasteiger partial charge on any atom is -0.345 e. The second-order valence-corrected chi connectivity index (χ2v) is 8.10. The lowest BCUT2D eigenvalue weighted by molar-refractivity contribution is -0.117. The molecule has 0 saturated carbocycles. The third-order valence-electron chi connectivity index (χ3n) is 3.60. The number of amides is 1. The third kappa shape index (κ3) is 4.30. The summed E-state index contributed by atoms with van der Waals surface area (Å²) in [4.78, 5) is 18.0. The van der Waals surface area contributed by atoms with Crippen molar-refractivity contribution < 1.29 is 4.79 Å². The zero-order chi connectivity index (χ0) is 16.9. The molecule has 3 aromatic rings. The van der Waals surface area contributed by atoms with Crippen LogP contribution in [0.15, 0.2) is 47.9 Å². The Kier molecular flexibility index (Phi) is 5.43. The van der Waals surface area contributed by atoms with Crippen LogP contribution in [0.5, 0.6) is 0 Å². The Bertz CT molecular complexity index is 801. The van der Waals surface area contributed by atoms with Crippen LogP contribution >= 0.6 is 22.7 Å². The Balaban J connectivity index is 1.68. The number of benzene rings is 1. The topological polar surface area (TPSA) is 42.0 Å². The van der Waals surface area contributed by atoms with Gasteiger partial charge in [-0.15, -0.1) is 22.7 Å². The van der Waals surface area contributed by atoms with Crippen molar-refractivity contribution in [2.75, 3.05) is 0 Å². The highest BCUT2D eigenvalue weighted by Crippen LogP contribution is 2.25. The minimum atomic E-state index is -0.0756. The number of aromatic nitrogens is 1. The van der Waals surface area contributed by atoms with Gasteiger partial charge in [-0.2, -0.15) is 0 Å². The maximum atomic E-state index is 12.3. The Morgan fingerprint density at radius 1 is 1.25 bits per heavy atom. The zero-order valence-corrected chi connectivity index (χ0v) is 15.4. The maximum Gasteiger partial charge on any atom is 0.244 e. The van der Waals surface area contributed by atoms with Crippen molar-refractivity contribution >= 4 is 44.9 Å². The quantitative estimate of drug-likeness (QED) is 0.611. The molecule has 2 aromatic heterocycles. The number of fused-ring (bicyclic) bond motifs is 1. The second-order valence-electron chi connectivity index (χ2n) is 6.06. The van der Waals surface area contributed by atoms with E-state index >= 15 is 0 Å². The van der Waals surface area contributed by atoms with Crippen molar-refractivity contribution in [2.24, 2.45) is 5.92 Å². The van der Waals surface area contributed by atoms with Gasteiger partial charge in [0, 0.05) is 11.0 Å². The van der Waals surface area contributed by atoms with Gasteiger partial charge in [0.05, 0.1) is 16.3 Å². The predicted molar refractivity (Wildman–Crippen MR) is 103 cm³/mol. The summed E-state index contributed by atoms with van der Waals surface area (Å²) >= 11 is 3.27. The molecule has 1 aromatic carbocycles. The highest BCUT2D eigenvalue weighted by Gasteiger charge is 2.16. The molecule has 5 heteroatoms. The van der Waals surface area contributed by atoms with Crippen molar-refractivity contribution in [1.29, 1.82) is 0 Å². The highest BCUT2D eigenvalue weighted by molar-refractivity contribution is 7.19. The first-order chi connectivity index (χ1) is 11.6. The average Bonchev–Trinajstić information content (AvgIpc) is 3.21. The highest BCUT2D eigenvalue weighted by atomic mass is 32.1. The number of hydrogen-bond donors (Lipinski definition) is 1. The van der Waals surface area contributed by atoms with Gasteiger partial charge in [0.15, 0.2) is 0 Å². The number of carbonyl (C=O) groups is 1. The van der Waals surface area contributed by atoms with Gasteiger partial charge in [-0.1, -0.05) is 32.0 Å². The summed E-state index contributed by atoms with van der Waals surface area (Å²) in [6, 6.07) is 12.2. The van der Waals surface area contributed by atoms with Gasteiger partial charge in [0.25, 0.3) is 0 Å². The number of nitrogens with one attached hydrogen (secondary N) is 1. The van der Waals surface area contributed by atoms with Gasteiger partial charge in [-0.25, -0.2) is 4.98 Å². The number of rotatable bonds is 6. The number of nitrogens with zero attached hydrogens (tertiary/aromatic N) is 1. The molecule has 0 saturated heterocycles. The van der Waals surface area contributed by atoms with Gasteiger partial charge >= 0.3 is 0 Å². The number of hydrogen-bond acceptors (Lipinski definition) is 4. The first kappa shape index (κ1) is 16.9.